The van der Waals surface area contributed by atoms with Crippen LogP contribution in [0.5, 0.6) is 0 Å². The molecular weight excluding hydrogens is 234 g/mol. The highest BCUT2D eigenvalue weighted by atomic mass is 32.1. The fraction of sp³-hybridized carbons (Fsp3) is 0.615. The van der Waals surface area contributed by atoms with E-state index in [1.54, 1.807) is 0 Å². The van der Waals surface area contributed by atoms with Crippen molar-refractivity contribution in [2.24, 2.45) is 5.16 Å². The molecule has 2 rings (SSSR count). The maximum absolute atomic E-state index is 8.66. The Morgan fingerprint density at radius 3 is 2.65 bits per heavy atom. The van der Waals surface area contributed by atoms with E-state index in [1.807, 2.05) is 11.3 Å². The summed E-state index contributed by atoms with van der Waals surface area (Å²) < 4.78 is 5.89. The van der Waals surface area contributed by atoms with Gasteiger partial charge in [-0.1, -0.05) is 12.1 Å². The van der Waals surface area contributed by atoms with Crippen LogP contribution >= 0.6 is 11.3 Å². The van der Waals surface area contributed by atoms with E-state index in [-0.39, 0.29) is 0 Å². The van der Waals surface area contributed by atoms with Crippen LogP contribution in [-0.2, 0) is 17.8 Å². The van der Waals surface area contributed by atoms with Crippen LogP contribution in [0.4, 0.5) is 0 Å². The molecule has 0 bridgehead atoms. The van der Waals surface area contributed by atoms with Crippen molar-refractivity contribution in [3.63, 3.8) is 0 Å². The molecule has 1 aromatic heterocycles. The van der Waals surface area contributed by atoms with Crippen LogP contribution < -0.4 is 0 Å². The first kappa shape index (κ1) is 12.6. The van der Waals surface area contributed by atoms with E-state index < -0.39 is 0 Å². The van der Waals surface area contributed by atoms with Gasteiger partial charge in [-0.25, -0.2) is 0 Å². The fourth-order valence-corrected chi connectivity index (χ4v) is 2.96. The summed E-state index contributed by atoms with van der Waals surface area (Å²) >= 11 is 1.84. The average Bonchev–Trinajstić information content (AvgIpc) is 2.85. The molecule has 1 heterocycles. The van der Waals surface area contributed by atoms with Gasteiger partial charge in [0.25, 0.3) is 0 Å². The van der Waals surface area contributed by atoms with E-state index in [0.717, 1.165) is 44.4 Å². The maximum Gasteiger partial charge on any atom is 0.0813 e. The molecule has 1 aromatic rings. The number of nitrogens with zero attached hydrogens (tertiary/aromatic N) is 1. The number of hydrogen-bond acceptors (Lipinski definition) is 4. The molecular formula is C13H19NO2S. The third kappa shape index (κ3) is 3.54. The summed E-state index contributed by atoms with van der Waals surface area (Å²) in [6.07, 6.45) is 5.12. The second-order valence-electron chi connectivity index (χ2n) is 4.40. The molecule has 0 saturated heterocycles. The SMILES string of the molecule is CCc1ccc(COC2CCC(=NO)CC2)s1. The van der Waals surface area contributed by atoms with Crippen LogP contribution in [0.3, 0.4) is 0 Å². The van der Waals surface area contributed by atoms with E-state index in [2.05, 4.69) is 24.2 Å². The van der Waals surface area contributed by atoms with Crippen molar-refractivity contribution in [2.75, 3.05) is 0 Å². The molecule has 1 aliphatic rings. The first-order valence-corrected chi connectivity index (χ1v) is 7.02. The van der Waals surface area contributed by atoms with Crippen LogP contribution in [0.2, 0.25) is 0 Å². The van der Waals surface area contributed by atoms with Gasteiger partial charge < -0.3 is 9.94 Å². The molecule has 0 atom stereocenters. The van der Waals surface area contributed by atoms with Crippen molar-refractivity contribution in [3.8, 4) is 0 Å². The molecule has 0 unspecified atom stereocenters. The summed E-state index contributed by atoms with van der Waals surface area (Å²) in [6.45, 7) is 2.90. The Labute approximate surface area is 106 Å². The number of oxime groups is 1. The van der Waals surface area contributed by atoms with Gasteiger partial charge in [-0.05, 0) is 44.2 Å². The third-order valence-electron chi connectivity index (χ3n) is 3.18. The van der Waals surface area contributed by atoms with Gasteiger partial charge in [-0.2, -0.15) is 0 Å². The average molecular weight is 253 g/mol. The minimum Gasteiger partial charge on any atom is -0.411 e. The highest BCUT2D eigenvalue weighted by Crippen LogP contribution is 2.23. The zero-order chi connectivity index (χ0) is 12.1. The minimum absolute atomic E-state index is 0.327. The highest BCUT2D eigenvalue weighted by Gasteiger charge is 2.18. The number of aryl methyl sites for hydroxylation is 1. The van der Waals surface area contributed by atoms with Gasteiger partial charge in [0, 0.05) is 9.75 Å². The van der Waals surface area contributed by atoms with Crippen molar-refractivity contribution in [3.05, 3.63) is 21.9 Å². The zero-order valence-electron chi connectivity index (χ0n) is 10.2. The largest absolute Gasteiger partial charge is 0.411 e. The predicted molar refractivity (Wildman–Crippen MR) is 70.0 cm³/mol. The van der Waals surface area contributed by atoms with E-state index in [9.17, 15) is 0 Å². The van der Waals surface area contributed by atoms with Crippen molar-refractivity contribution in [1.82, 2.24) is 0 Å². The summed E-state index contributed by atoms with van der Waals surface area (Å²) in [5.41, 5.74) is 0.911. The van der Waals surface area contributed by atoms with Gasteiger partial charge in [-0.3, -0.25) is 0 Å². The van der Waals surface area contributed by atoms with E-state index in [1.165, 1.54) is 9.75 Å². The molecule has 4 heteroatoms. The Morgan fingerprint density at radius 2 is 2.06 bits per heavy atom. The smallest absolute Gasteiger partial charge is 0.0813 e. The van der Waals surface area contributed by atoms with Crippen LogP contribution in [0.1, 0.15) is 42.4 Å². The second kappa shape index (κ2) is 6.17. The first-order chi connectivity index (χ1) is 8.31. The minimum atomic E-state index is 0.327. The Kier molecular flexibility index (Phi) is 4.57. The highest BCUT2D eigenvalue weighted by molar-refractivity contribution is 7.11. The van der Waals surface area contributed by atoms with Crippen molar-refractivity contribution in [2.45, 2.75) is 51.7 Å². The van der Waals surface area contributed by atoms with Gasteiger partial charge in [0.1, 0.15) is 0 Å². The van der Waals surface area contributed by atoms with Gasteiger partial charge in [0.05, 0.1) is 18.4 Å². The number of thiophene rings is 1. The molecule has 0 aliphatic heterocycles. The number of ether oxygens (including phenoxy) is 1. The topological polar surface area (TPSA) is 41.8 Å². The van der Waals surface area contributed by atoms with E-state index in [0.29, 0.717) is 6.10 Å². The molecule has 1 aliphatic carbocycles. The van der Waals surface area contributed by atoms with Gasteiger partial charge in [-0.15, -0.1) is 11.3 Å². The lowest BCUT2D eigenvalue weighted by Crippen LogP contribution is -2.21. The lowest BCUT2D eigenvalue weighted by atomic mass is 9.96. The van der Waals surface area contributed by atoms with Crippen molar-refractivity contribution < 1.29 is 9.94 Å². The summed E-state index contributed by atoms with van der Waals surface area (Å²) in [5.74, 6) is 0. The second-order valence-corrected chi connectivity index (χ2v) is 5.65. The van der Waals surface area contributed by atoms with Gasteiger partial charge in [0.2, 0.25) is 0 Å². The summed E-state index contributed by atoms with van der Waals surface area (Å²) in [5, 5.41) is 11.9. The Bertz CT molecular complexity index is 377. The summed E-state index contributed by atoms with van der Waals surface area (Å²) in [7, 11) is 0. The van der Waals surface area contributed by atoms with Crippen LogP contribution in [0, 0.1) is 0 Å². The third-order valence-corrected chi connectivity index (χ3v) is 4.38. The maximum atomic E-state index is 8.66. The van der Waals surface area contributed by atoms with Crippen LogP contribution in [0.15, 0.2) is 17.3 Å². The van der Waals surface area contributed by atoms with Crippen molar-refractivity contribution in [1.29, 1.82) is 0 Å². The van der Waals surface area contributed by atoms with Crippen LogP contribution in [0.25, 0.3) is 0 Å². The molecule has 17 heavy (non-hydrogen) atoms. The van der Waals surface area contributed by atoms with E-state index in [4.69, 9.17) is 9.94 Å². The molecule has 1 N–H and O–H groups in total. The lowest BCUT2D eigenvalue weighted by Gasteiger charge is -2.22. The molecule has 94 valence electrons. The first-order valence-electron chi connectivity index (χ1n) is 6.20. The lowest BCUT2D eigenvalue weighted by molar-refractivity contribution is 0.0292. The van der Waals surface area contributed by atoms with Gasteiger partial charge >= 0.3 is 0 Å². The quantitative estimate of drug-likeness (QED) is 0.658. The van der Waals surface area contributed by atoms with E-state index >= 15 is 0 Å². The zero-order valence-corrected chi connectivity index (χ0v) is 11.0. The Hall–Kier alpha value is -0.870. The molecule has 0 radical (unpaired) electrons. The molecule has 1 saturated carbocycles. The molecule has 0 spiro atoms. The Balaban J connectivity index is 1.75. The summed E-state index contributed by atoms with van der Waals surface area (Å²) in [6, 6.07) is 4.34. The van der Waals surface area contributed by atoms with Gasteiger partial charge in [0.15, 0.2) is 0 Å². The molecule has 3 nitrogen and oxygen atoms in total. The predicted octanol–water partition coefficient (Wildman–Crippen LogP) is 3.60. The normalized spacial score (nSPS) is 20.5. The number of rotatable bonds is 4. The number of hydrogen-bond donors (Lipinski definition) is 1. The van der Waals surface area contributed by atoms with Crippen LogP contribution in [-0.4, -0.2) is 17.0 Å². The summed E-state index contributed by atoms with van der Waals surface area (Å²) in [4.78, 5) is 2.73. The van der Waals surface area contributed by atoms with Crippen molar-refractivity contribution >= 4 is 17.0 Å². The monoisotopic (exact) mass is 253 g/mol. The standard InChI is InChI=1S/C13H19NO2S/c1-2-12-7-8-13(17-12)9-16-11-5-3-10(14-15)4-6-11/h7-8,11,15H,2-6,9H2,1H3. The molecule has 1 fully saturated rings. The fourth-order valence-electron chi connectivity index (χ4n) is 2.08. The molecule has 0 amide bonds. The molecule has 0 aromatic carbocycles. The Morgan fingerprint density at radius 1 is 1.35 bits per heavy atom.